The standard InChI is InChI=1S/C32H43N7O2/c1-2-31(41)39-20-18-38(19-21-39)30-8-5-14-37(29-23-27(40)22-24-6-3-4-7-28(24)29)17-13-33-32(35-30)34-25-11-15-36(16-12-25)26-9-10-26/h2-4,6-7,22-23,25-26,40H,1,5,8-21H2,(H,33,34)/b35-30+. The van der Waals surface area contributed by atoms with Gasteiger partial charge in [0.15, 0.2) is 0 Å². The predicted molar refractivity (Wildman–Crippen MR) is 166 cm³/mol. The number of hydrogen-bond donors (Lipinski definition) is 2. The quantitative estimate of drug-likeness (QED) is 0.560. The number of amides is 1. The van der Waals surface area contributed by atoms with Gasteiger partial charge >= 0.3 is 0 Å². The number of phenolic OH excluding ortho intramolecular Hbond substituents is 1. The Morgan fingerprint density at radius 3 is 2.49 bits per heavy atom. The number of aromatic hydroxyl groups is 1. The highest BCUT2D eigenvalue weighted by Gasteiger charge is 2.32. The van der Waals surface area contributed by atoms with Gasteiger partial charge in [-0.15, -0.1) is 0 Å². The van der Waals surface area contributed by atoms with E-state index in [4.69, 9.17) is 9.98 Å². The van der Waals surface area contributed by atoms with Crippen LogP contribution in [-0.4, -0.2) is 108 Å². The molecule has 9 nitrogen and oxygen atoms in total. The first-order valence-electron chi connectivity index (χ1n) is 15.3. The van der Waals surface area contributed by atoms with E-state index in [1.165, 1.54) is 18.9 Å². The van der Waals surface area contributed by atoms with Crippen molar-refractivity contribution in [3.63, 3.8) is 0 Å². The molecule has 0 radical (unpaired) electrons. The molecule has 0 spiro atoms. The molecule has 0 bridgehead atoms. The minimum absolute atomic E-state index is 0.00650. The summed E-state index contributed by atoms with van der Waals surface area (Å²) in [5.41, 5.74) is 1.05. The Morgan fingerprint density at radius 1 is 0.951 bits per heavy atom. The number of piperidine rings is 1. The number of anilines is 1. The largest absolute Gasteiger partial charge is 0.508 e. The Kier molecular flexibility index (Phi) is 8.41. The van der Waals surface area contributed by atoms with E-state index in [9.17, 15) is 9.90 Å². The van der Waals surface area contributed by atoms with Gasteiger partial charge in [-0.05, 0) is 49.6 Å². The van der Waals surface area contributed by atoms with Crippen LogP contribution >= 0.6 is 0 Å². The summed E-state index contributed by atoms with van der Waals surface area (Å²) >= 11 is 0. The zero-order chi connectivity index (χ0) is 28.2. The molecule has 3 fully saturated rings. The number of benzene rings is 2. The van der Waals surface area contributed by atoms with Gasteiger partial charge in [0.05, 0.1) is 6.54 Å². The van der Waals surface area contributed by atoms with Crippen LogP contribution in [0.1, 0.15) is 38.5 Å². The van der Waals surface area contributed by atoms with Crippen molar-refractivity contribution < 1.29 is 9.90 Å². The Balaban J connectivity index is 1.22. The fraction of sp³-hybridized carbons (Fsp3) is 0.531. The third-order valence-corrected chi connectivity index (χ3v) is 8.92. The SMILES string of the molecule is C=CC(=O)N1CCN(/C2=N/C(NC3CCN(C4CC4)CC3)=N\CCN(c3cc(O)cc4ccccc34)CCC2)CC1. The van der Waals surface area contributed by atoms with Crippen molar-refractivity contribution >= 4 is 34.2 Å². The van der Waals surface area contributed by atoms with E-state index < -0.39 is 0 Å². The van der Waals surface area contributed by atoms with Crippen LogP contribution in [0.2, 0.25) is 0 Å². The minimum atomic E-state index is -0.00650. The zero-order valence-electron chi connectivity index (χ0n) is 24.0. The lowest BCUT2D eigenvalue weighted by atomic mass is 10.1. The molecule has 2 saturated heterocycles. The van der Waals surface area contributed by atoms with Gasteiger partial charge in [-0.25, -0.2) is 9.98 Å². The topological polar surface area (TPSA) is 87.0 Å². The van der Waals surface area contributed by atoms with Gasteiger partial charge in [0.25, 0.3) is 0 Å². The van der Waals surface area contributed by atoms with Gasteiger partial charge in [-0.3, -0.25) is 4.79 Å². The van der Waals surface area contributed by atoms with Gasteiger partial charge in [0.2, 0.25) is 11.9 Å². The van der Waals surface area contributed by atoms with Crippen LogP contribution in [0, 0.1) is 0 Å². The first-order valence-corrected chi connectivity index (χ1v) is 15.3. The van der Waals surface area contributed by atoms with Gasteiger partial charge in [0.1, 0.15) is 11.6 Å². The van der Waals surface area contributed by atoms with Crippen LogP contribution in [-0.2, 0) is 4.79 Å². The van der Waals surface area contributed by atoms with Crippen LogP contribution in [0.4, 0.5) is 5.69 Å². The van der Waals surface area contributed by atoms with Crippen LogP contribution in [0.15, 0.2) is 59.0 Å². The lowest BCUT2D eigenvalue weighted by Crippen LogP contribution is -2.51. The average molecular weight is 558 g/mol. The van der Waals surface area contributed by atoms with Crippen molar-refractivity contribution in [2.45, 2.75) is 50.6 Å². The number of piperazine rings is 1. The van der Waals surface area contributed by atoms with E-state index in [2.05, 4.69) is 44.8 Å². The van der Waals surface area contributed by atoms with Crippen LogP contribution in [0.25, 0.3) is 10.8 Å². The predicted octanol–water partition coefficient (Wildman–Crippen LogP) is 3.45. The number of hydrogen-bond acceptors (Lipinski definition) is 8. The number of guanidine groups is 1. The normalized spacial score (nSPS) is 24.3. The summed E-state index contributed by atoms with van der Waals surface area (Å²) in [5, 5.41) is 16.4. The summed E-state index contributed by atoms with van der Waals surface area (Å²) in [5.74, 6) is 2.05. The van der Waals surface area contributed by atoms with E-state index in [1.807, 2.05) is 23.1 Å². The van der Waals surface area contributed by atoms with Crippen molar-refractivity contribution in [3.8, 4) is 5.75 Å². The van der Waals surface area contributed by atoms with E-state index in [-0.39, 0.29) is 11.7 Å². The molecule has 0 unspecified atom stereocenters. The molecular weight excluding hydrogens is 514 g/mol. The van der Waals surface area contributed by atoms with E-state index in [0.717, 1.165) is 99.2 Å². The number of amidine groups is 1. The summed E-state index contributed by atoms with van der Waals surface area (Å²) < 4.78 is 0. The number of fused-ring (bicyclic) bond motifs is 1. The minimum Gasteiger partial charge on any atom is -0.508 e. The molecule has 0 atom stereocenters. The molecule has 218 valence electrons. The number of rotatable bonds is 4. The Hall–Kier alpha value is -3.59. The number of phenols is 1. The number of nitrogens with one attached hydrogen (secondary N) is 1. The first-order chi connectivity index (χ1) is 20.1. The van der Waals surface area contributed by atoms with E-state index >= 15 is 0 Å². The summed E-state index contributed by atoms with van der Waals surface area (Å²) in [6, 6.07) is 13.2. The Bertz CT molecular complexity index is 1300. The summed E-state index contributed by atoms with van der Waals surface area (Å²) in [6.07, 6.45) is 8.10. The fourth-order valence-corrected chi connectivity index (χ4v) is 6.46. The average Bonchev–Trinajstić information content (AvgIpc) is 3.85. The third kappa shape index (κ3) is 6.67. The zero-order valence-corrected chi connectivity index (χ0v) is 24.0. The first kappa shape index (κ1) is 27.6. The maximum absolute atomic E-state index is 12.2. The summed E-state index contributed by atoms with van der Waals surface area (Å²) in [4.78, 5) is 31.5. The molecule has 3 aliphatic heterocycles. The molecule has 2 aromatic rings. The fourth-order valence-electron chi connectivity index (χ4n) is 6.46. The molecule has 0 aromatic heterocycles. The van der Waals surface area contributed by atoms with Crippen LogP contribution in [0.3, 0.4) is 0 Å². The van der Waals surface area contributed by atoms with Crippen molar-refractivity contribution in [2.75, 3.05) is 63.8 Å². The molecule has 3 heterocycles. The van der Waals surface area contributed by atoms with Crippen LogP contribution < -0.4 is 10.2 Å². The highest BCUT2D eigenvalue weighted by atomic mass is 16.3. The van der Waals surface area contributed by atoms with E-state index in [0.29, 0.717) is 25.7 Å². The third-order valence-electron chi connectivity index (χ3n) is 8.92. The lowest BCUT2D eigenvalue weighted by Gasteiger charge is -2.37. The van der Waals surface area contributed by atoms with Crippen molar-refractivity contribution in [1.29, 1.82) is 0 Å². The van der Waals surface area contributed by atoms with Crippen LogP contribution in [0.5, 0.6) is 5.75 Å². The number of likely N-dealkylation sites (tertiary alicyclic amines) is 1. The molecule has 9 heteroatoms. The number of aliphatic imine (C=N–C) groups is 2. The molecule has 2 N–H and O–H groups in total. The molecule has 2 aromatic carbocycles. The van der Waals surface area contributed by atoms with Gasteiger partial charge < -0.3 is 30.0 Å². The van der Waals surface area contributed by atoms with Gasteiger partial charge in [-0.1, -0.05) is 30.8 Å². The second-order valence-corrected chi connectivity index (χ2v) is 11.7. The monoisotopic (exact) mass is 557 g/mol. The van der Waals surface area contributed by atoms with Gasteiger partial charge in [0, 0.05) is 88.0 Å². The molecule has 6 rings (SSSR count). The van der Waals surface area contributed by atoms with Crippen molar-refractivity contribution in [1.82, 2.24) is 20.0 Å². The smallest absolute Gasteiger partial charge is 0.246 e. The van der Waals surface area contributed by atoms with Crippen molar-refractivity contribution in [3.05, 3.63) is 49.1 Å². The summed E-state index contributed by atoms with van der Waals surface area (Å²) in [6.45, 7) is 11.0. The van der Waals surface area contributed by atoms with Crippen molar-refractivity contribution in [2.24, 2.45) is 9.98 Å². The second kappa shape index (κ2) is 12.5. The maximum Gasteiger partial charge on any atom is 0.246 e. The number of nitrogens with zero attached hydrogens (tertiary/aromatic N) is 6. The molecule has 1 aliphatic carbocycles. The lowest BCUT2D eigenvalue weighted by molar-refractivity contribution is -0.127. The molecular formula is C32H43N7O2. The Labute approximate surface area is 243 Å². The van der Waals surface area contributed by atoms with E-state index in [1.54, 1.807) is 0 Å². The highest BCUT2D eigenvalue weighted by molar-refractivity contribution is 5.97. The van der Waals surface area contributed by atoms with Gasteiger partial charge in [-0.2, -0.15) is 0 Å². The molecule has 1 amide bonds. The second-order valence-electron chi connectivity index (χ2n) is 11.7. The highest BCUT2D eigenvalue weighted by Crippen LogP contribution is 2.32. The molecule has 1 saturated carbocycles. The Morgan fingerprint density at radius 2 is 1.73 bits per heavy atom. The molecule has 4 aliphatic rings. The summed E-state index contributed by atoms with van der Waals surface area (Å²) in [7, 11) is 0. The molecule has 41 heavy (non-hydrogen) atoms. The maximum atomic E-state index is 12.2. The number of carbonyl (C=O) groups excluding carboxylic acids is 1. The number of carbonyl (C=O) groups is 1.